The predicted molar refractivity (Wildman–Crippen MR) is 134 cm³/mol. The van der Waals surface area contributed by atoms with Crippen LogP contribution in [0.4, 0.5) is 0 Å². The Bertz CT molecular complexity index is 1320. The molecule has 0 saturated carbocycles. The highest BCUT2D eigenvalue weighted by atomic mass is 32.2. The van der Waals surface area contributed by atoms with Crippen LogP contribution in [0.2, 0.25) is 0 Å². The van der Waals surface area contributed by atoms with Gasteiger partial charge in [0, 0.05) is 34.3 Å². The highest BCUT2D eigenvalue weighted by Gasteiger charge is 2.14. The van der Waals surface area contributed by atoms with Crippen molar-refractivity contribution in [3.05, 3.63) is 77.0 Å². The third-order valence-corrected chi connectivity index (χ3v) is 6.13. The molecular formula is C25H28N6S. The summed E-state index contributed by atoms with van der Waals surface area (Å²) in [5, 5.41) is 5.66. The summed E-state index contributed by atoms with van der Waals surface area (Å²) in [4.78, 5) is 14.4. The quantitative estimate of drug-likeness (QED) is 0.318. The van der Waals surface area contributed by atoms with Gasteiger partial charge in [-0.2, -0.15) is 5.10 Å². The van der Waals surface area contributed by atoms with Crippen LogP contribution in [-0.4, -0.2) is 31.7 Å². The Balaban J connectivity index is 1.69. The number of nitrogens with one attached hydrogen (secondary N) is 1. The standard InChI is InChI=1S/C25H28N6S/c1-15(26)12-22(27-14-18-6-9-20(32-5)10-7-18)25-28-17(3)24(29-25)19-8-11-23-21(13-19)16(2)30-31(23)4/h6-13H,14,26H2,1-5H3,(H,28,29). The minimum absolute atomic E-state index is 0.559. The van der Waals surface area contributed by atoms with E-state index < -0.39 is 0 Å². The lowest BCUT2D eigenvalue weighted by Gasteiger charge is -2.02. The minimum atomic E-state index is 0.559. The third kappa shape index (κ3) is 4.48. The monoisotopic (exact) mass is 444 g/mol. The van der Waals surface area contributed by atoms with Crippen molar-refractivity contribution in [2.24, 2.45) is 17.8 Å². The molecule has 4 rings (SSSR count). The van der Waals surface area contributed by atoms with Gasteiger partial charge in [-0.15, -0.1) is 11.8 Å². The first-order chi connectivity index (χ1) is 15.4. The molecule has 32 heavy (non-hydrogen) atoms. The van der Waals surface area contributed by atoms with Gasteiger partial charge in [0.2, 0.25) is 0 Å². The van der Waals surface area contributed by atoms with Crippen LogP contribution in [-0.2, 0) is 13.6 Å². The van der Waals surface area contributed by atoms with E-state index in [1.807, 2.05) is 38.6 Å². The molecule has 0 atom stereocenters. The van der Waals surface area contributed by atoms with Gasteiger partial charge in [0.05, 0.1) is 23.4 Å². The van der Waals surface area contributed by atoms with Crippen LogP contribution in [0.15, 0.2) is 64.1 Å². The number of aromatic nitrogens is 4. The number of thioether (sulfide) groups is 1. The zero-order chi connectivity index (χ0) is 22.8. The summed E-state index contributed by atoms with van der Waals surface area (Å²) in [6.07, 6.45) is 3.94. The Hall–Kier alpha value is -3.32. The van der Waals surface area contributed by atoms with Crippen LogP contribution < -0.4 is 5.73 Å². The molecule has 0 aliphatic heterocycles. The second-order valence-corrected chi connectivity index (χ2v) is 8.82. The highest BCUT2D eigenvalue weighted by molar-refractivity contribution is 7.98. The third-order valence-electron chi connectivity index (χ3n) is 5.39. The number of rotatable bonds is 6. The second-order valence-electron chi connectivity index (χ2n) is 7.94. The number of hydrogen-bond donors (Lipinski definition) is 2. The lowest BCUT2D eigenvalue weighted by atomic mass is 10.1. The molecule has 0 amide bonds. The van der Waals surface area contributed by atoms with Crippen molar-refractivity contribution >= 4 is 28.4 Å². The molecule has 0 unspecified atom stereocenters. The molecule has 2 heterocycles. The normalized spacial score (nSPS) is 12.7. The molecule has 6 nitrogen and oxygen atoms in total. The number of aromatic amines is 1. The topological polar surface area (TPSA) is 84.9 Å². The minimum Gasteiger partial charge on any atom is -0.402 e. The van der Waals surface area contributed by atoms with Crippen molar-refractivity contribution < 1.29 is 0 Å². The molecule has 0 saturated heterocycles. The first-order valence-electron chi connectivity index (χ1n) is 10.5. The summed E-state index contributed by atoms with van der Waals surface area (Å²) < 4.78 is 1.91. The summed E-state index contributed by atoms with van der Waals surface area (Å²) in [5.41, 5.74) is 13.6. The van der Waals surface area contributed by atoms with E-state index in [1.54, 1.807) is 11.8 Å². The van der Waals surface area contributed by atoms with E-state index in [4.69, 9.17) is 15.7 Å². The number of nitrogens with zero attached hydrogens (tertiary/aromatic N) is 4. The SMILES string of the molecule is CSc1ccc(CN=C(C=C(C)N)c2nc(-c3ccc4c(c3)c(C)nn4C)c(C)[nH]2)cc1. The summed E-state index contributed by atoms with van der Waals surface area (Å²) in [6.45, 7) is 6.48. The van der Waals surface area contributed by atoms with Gasteiger partial charge in [-0.25, -0.2) is 4.98 Å². The summed E-state index contributed by atoms with van der Waals surface area (Å²) in [7, 11) is 1.96. The number of aliphatic imine (C=N–C) groups is 1. The Morgan fingerprint density at radius 3 is 2.62 bits per heavy atom. The molecular weight excluding hydrogens is 416 g/mol. The Morgan fingerprint density at radius 2 is 1.94 bits per heavy atom. The van der Waals surface area contributed by atoms with Crippen LogP contribution in [0.3, 0.4) is 0 Å². The lowest BCUT2D eigenvalue weighted by molar-refractivity contribution is 0.783. The summed E-state index contributed by atoms with van der Waals surface area (Å²) in [6, 6.07) is 14.8. The Morgan fingerprint density at radius 1 is 1.19 bits per heavy atom. The van der Waals surface area contributed by atoms with Crippen molar-refractivity contribution in [2.45, 2.75) is 32.2 Å². The highest BCUT2D eigenvalue weighted by Crippen LogP contribution is 2.27. The first kappa shape index (κ1) is 21.9. The molecule has 0 radical (unpaired) electrons. The average Bonchev–Trinajstić information content (AvgIpc) is 3.30. The van der Waals surface area contributed by atoms with Crippen molar-refractivity contribution in [3.63, 3.8) is 0 Å². The molecule has 0 bridgehead atoms. The van der Waals surface area contributed by atoms with Gasteiger partial charge in [0.15, 0.2) is 5.82 Å². The number of benzene rings is 2. The number of fused-ring (bicyclic) bond motifs is 1. The van der Waals surface area contributed by atoms with Crippen molar-refractivity contribution in [1.29, 1.82) is 0 Å². The van der Waals surface area contributed by atoms with Gasteiger partial charge in [0.1, 0.15) is 5.71 Å². The first-order valence-corrected chi connectivity index (χ1v) is 11.7. The number of nitrogens with two attached hydrogens (primary N) is 1. The van der Waals surface area contributed by atoms with E-state index in [-0.39, 0.29) is 0 Å². The lowest BCUT2D eigenvalue weighted by Crippen LogP contribution is -2.05. The van der Waals surface area contributed by atoms with Crippen LogP contribution in [0.25, 0.3) is 22.2 Å². The van der Waals surface area contributed by atoms with E-state index in [1.165, 1.54) is 4.90 Å². The van der Waals surface area contributed by atoms with E-state index in [0.717, 1.165) is 44.8 Å². The maximum absolute atomic E-state index is 6.00. The molecule has 0 spiro atoms. The average molecular weight is 445 g/mol. The molecule has 4 aromatic rings. The summed E-state index contributed by atoms with van der Waals surface area (Å²) >= 11 is 1.73. The van der Waals surface area contributed by atoms with Gasteiger partial charge in [-0.1, -0.05) is 18.2 Å². The fraction of sp³-hybridized carbons (Fsp3) is 0.240. The fourth-order valence-electron chi connectivity index (χ4n) is 3.76. The predicted octanol–water partition coefficient (Wildman–Crippen LogP) is 5.15. The molecule has 3 N–H and O–H groups in total. The Kier molecular flexibility index (Phi) is 6.19. The second kappa shape index (κ2) is 9.04. The zero-order valence-corrected chi connectivity index (χ0v) is 19.9. The molecule has 2 aromatic heterocycles. The summed E-state index contributed by atoms with van der Waals surface area (Å²) in [5.74, 6) is 0.714. The number of allylic oxidation sites excluding steroid dienone is 2. The molecule has 2 aromatic carbocycles. The molecule has 0 aliphatic rings. The zero-order valence-electron chi connectivity index (χ0n) is 19.1. The van der Waals surface area contributed by atoms with Gasteiger partial charge >= 0.3 is 0 Å². The van der Waals surface area contributed by atoms with E-state index in [9.17, 15) is 0 Å². The van der Waals surface area contributed by atoms with E-state index >= 15 is 0 Å². The van der Waals surface area contributed by atoms with Gasteiger partial charge in [-0.3, -0.25) is 9.67 Å². The van der Waals surface area contributed by atoms with Crippen LogP contribution in [0.1, 0.15) is 29.7 Å². The smallest absolute Gasteiger partial charge is 0.156 e. The molecule has 0 aliphatic carbocycles. The maximum Gasteiger partial charge on any atom is 0.156 e. The number of aryl methyl sites for hydroxylation is 3. The van der Waals surface area contributed by atoms with Gasteiger partial charge < -0.3 is 10.7 Å². The van der Waals surface area contributed by atoms with Crippen molar-refractivity contribution in [1.82, 2.24) is 19.7 Å². The maximum atomic E-state index is 6.00. The van der Waals surface area contributed by atoms with Gasteiger partial charge in [0.25, 0.3) is 0 Å². The molecule has 7 heteroatoms. The van der Waals surface area contributed by atoms with Crippen LogP contribution in [0.5, 0.6) is 0 Å². The van der Waals surface area contributed by atoms with Crippen LogP contribution >= 0.6 is 11.8 Å². The molecule has 0 fully saturated rings. The fourth-order valence-corrected chi connectivity index (χ4v) is 4.17. The number of H-pyrrole nitrogens is 1. The number of hydrogen-bond acceptors (Lipinski definition) is 5. The van der Waals surface area contributed by atoms with Gasteiger partial charge in [-0.05, 0) is 62.9 Å². The van der Waals surface area contributed by atoms with Crippen molar-refractivity contribution in [2.75, 3.05) is 6.26 Å². The van der Waals surface area contributed by atoms with Crippen LogP contribution in [0, 0.1) is 13.8 Å². The largest absolute Gasteiger partial charge is 0.402 e. The molecule has 164 valence electrons. The number of imidazole rings is 1. The Labute approximate surface area is 192 Å². The van der Waals surface area contributed by atoms with E-state index in [0.29, 0.717) is 18.1 Å². The van der Waals surface area contributed by atoms with Crippen molar-refractivity contribution in [3.8, 4) is 11.3 Å². The van der Waals surface area contributed by atoms with E-state index in [2.05, 4.69) is 58.8 Å².